The Kier molecular flexibility index (Phi) is 4.11. The van der Waals surface area contributed by atoms with Gasteiger partial charge in [-0.2, -0.15) is 0 Å². The summed E-state index contributed by atoms with van der Waals surface area (Å²) in [6.07, 6.45) is 0. The lowest BCUT2D eigenvalue weighted by Gasteiger charge is -2.19. The number of nitrogens with zero attached hydrogens (tertiary/aromatic N) is 1. The van der Waals surface area contributed by atoms with Gasteiger partial charge in [-0.25, -0.2) is 0 Å². The van der Waals surface area contributed by atoms with Crippen LogP contribution in [0.15, 0.2) is 5.16 Å². The second-order valence-electron chi connectivity index (χ2n) is 3.40. The molecule has 0 aliphatic heterocycles. The first kappa shape index (κ1) is 10.4. The van der Waals surface area contributed by atoms with Crippen LogP contribution in [0.1, 0.15) is 20.8 Å². The number of oxime groups is 1. The van der Waals surface area contributed by atoms with Crippen LogP contribution in [0.2, 0.25) is 0 Å². The first-order valence-electron chi connectivity index (χ1n) is 3.61. The number of methoxy groups -OCH3 is 1. The largest absolute Gasteiger partial charge is 0.399 e. The lowest BCUT2D eigenvalue weighted by atomic mass is 9.90. The Labute approximate surface area is 68.4 Å². The van der Waals surface area contributed by atoms with E-state index >= 15 is 0 Å². The summed E-state index contributed by atoms with van der Waals surface area (Å²) in [7, 11) is 3.19. The average Bonchev–Trinajstić information content (AvgIpc) is 1.85. The van der Waals surface area contributed by atoms with Crippen LogP contribution in [0.5, 0.6) is 0 Å². The van der Waals surface area contributed by atoms with Crippen LogP contribution in [0.3, 0.4) is 0 Å². The maximum absolute atomic E-state index is 4.97. The second kappa shape index (κ2) is 4.34. The number of rotatable bonds is 3. The minimum Gasteiger partial charge on any atom is -0.399 e. The minimum atomic E-state index is 0.0199. The molecule has 66 valence electrons. The SMILES string of the molecule is COC/C(=N\OC)C(C)(C)C. The summed E-state index contributed by atoms with van der Waals surface area (Å²) < 4.78 is 4.97. The van der Waals surface area contributed by atoms with Crippen LogP contribution in [0.25, 0.3) is 0 Å². The van der Waals surface area contributed by atoms with Crippen molar-refractivity contribution in [3.05, 3.63) is 0 Å². The van der Waals surface area contributed by atoms with E-state index in [1.165, 1.54) is 0 Å². The molecule has 0 N–H and O–H groups in total. The molecule has 0 amide bonds. The Morgan fingerprint density at radius 2 is 1.82 bits per heavy atom. The van der Waals surface area contributed by atoms with Crippen LogP contribution in [0.4, 0.5) is 0 Å². The van der Waals surface area contributed by atoms with E-state index < -0.39 is 0 Å². The fraction of sp³-hybridized carbons (Fsp3) is 0.875. The van der Waals surface area contributed by atoms with Crippen LogP contribution < -0.4 is 0 Å². The van der Waals surface area contributed by atoms with E-state index in [1.54, 1.807) is 14.2 Å². The molecule has 0 saturated heterocycles. The Balaban J connectivity index is 4.22. The lowest BCUT2D eigenvalue weighted by molar-refractivity contribution is 0.192. The van der Waals surface area contributed by atoms with Gasteiger partial charge in [-0.15, -0.1) is 0 Å². The molecule has 0 fully saturated rings. The summed E-state index contributed by atoms with van der Waals surface area (Å²) in [5.41, 5.74) is 0.939. The Bertz CT molecular complexity index is 136. The van der Waals surface area contributed by atoms with Crippen molar-refractivity contribution in [2.75, 3.05) is 20.8 Å². The highest BCUT2D eigenvalue weighted by atomic mass is 16.6. The highest BCUT2D eigenvalue weighted by molar-refractivity contribution is 5.89. The fourth-order valence-corrected chi connectivity index (χ4v) is 0.627. The van der Waals surface area contributed by atoms with Crippen molar-refractivity contribution in [1.29, 1.82) is 0 Å². The molecule has 11 heavy (non-hydrogen) atoms. The van der Waals surface area contributed by atoms with Crippen molar-refractivity contribution in [3.8, 4) is 0 Å². The van der Waals surface area contributed by atoms with E-state index in [2.05, 4.69) is 25.9 Å². The molecule has 0 spiro atoms. The molecule has 0 aliphatic rings. The van der Waals surface area contributed by atoms with Gasteiger partial charge in [0.25, 0.3) is 0 Å². The van der Waals surface area contributed by atoms with Crippen LogP contribution in [-0.2, 0) is 9.57 Å². The zero-order valence-corrected chi connectivity index (χ0v) is 7.97. The lowest BCUT2D eigenvalue weighted by Crippen LogP contribution is -2.25. The smallest absolute Gasteiger partial charge is 0.106 e. The van der Waals surface area contributed by atoms with E-state index in [9.17, 15) is 0 Å². The number of hydrogen-bond acceptors (Lipinski definition) is 3. The highest BCUT2D eigenvalue weighted by Gasteiger charge is 2.19. The molecule has 0 saturated carbocycles. The third kappa shape index (κ3) is 3.98. The highest BCUT2D eigenvalue weighted by Crippen LogP contribution is 2.16. The monoisotopic (exact) mass is 159 g/mol. The number of hydrogen-bond donors (Lipinski definition) is 0. The maximum Gasteiger partial charge on any atom is 0.106 e. The van der Waals surface area contributed by atoms with Crippen LogP contribution >= 0.6 is 0 Å². The third-order valence-corrected chi connectivity index (χ3v) is 1.35. The van der Waals surface area contributed by atoms with Gasteiger partial charge in [0, 0.05) is 12.5 Å². The molecule has 0 unspecified atom stereocenters. The zero-order valence-electron chi connectivity index (χ0n) is 7.97. The van der Waals surface area contributed by atoms with Gasteiger partial charge in [-0.1, -0.05) is 25.9 Å². The molecular formula is C8H17NO2. The third-order valence-electron chi connectivity index (χ3n) is 1.35. The first-order chi connectivity index (χ1) is 5.02. The van der Waals surface area contributed by atoms with Crippen molar-refractivity contribution < 1.29 is 9.57 Å². The van der Waals surface area contributed by atoms with Gasteiger partial charge in [0.15, 0.2) is 0 Å². The molecule has 0 rings (SSSR count). The first-order valence-corrected chi connectivity index (χ1v) is 3.61. The summed E-state index contributed by atoms with van der Waals surface area (Å²) in [5, 5.41) is 3.88. The zero-order chi connectivity index (χ0) is 8.91. The van der Waals surface area contributed by atoms with Gasteiger partial charge in [0.2, 0.25) is 0 Å². The molecule has 0 radical (unpaired) electrons. The van der Waals surface area contributed by atoms with Crippen molar-refractivity contribution in [3.63, 3.8) is 0 Å². The van der Waals surface area contributed by atoms with Crippen LogP contribution in [-0.4, -0.2) is 26.5 Å². The van der Waals surface area contributed by atoms with E-state index in [0.29, 0.717) is 6.61 Å². The summed E-state index contributed by atoms with van der Waals surface area (Å²) in [6.45, 7) is 6.74. The number of ether oxygens (including phenoxy) is 1. The average molecular weight is 159 g/mol. The molecule has 0 heterocycles. The van der Waals surface area contributed by atoms with E-state index in [0.717, 1.165) is 5.71 Å². The van der Waals surface area contributed by atoms with E-state index in [1.807, 2.05) is 0 Å². The molecule has 0 aromatic rings. The summed E-state index contributed by atoms with van der Waals surface area (Å²) in [4.78, 5) is 4.69. The molecule has 0 aliphatic carbocycles. The van der Waals surface area contributed by atoms with E-state index in [-0.39, 0.29) is 5.41 Å². The standard InChI is InChI=1S/C8H17NO2/c1-8(2,3)7(6-10-4)9-11-5/h6H2,1-5H3/b9-7+. The predicted molar refractivity (Wildman–Crippen MR) is 45.8 cm³/mol. The van der Waals surface area contributed by atoms with Gasteiger partial charge < -0.3 is 9.57 Å². The summed E-state index contributed by atoms with van der Waals surface area (Å²) in [6, 6.07) is 0. The second-order valence-corrected chi connectivity index (χ2v) is 3.40. The normalized spacial score (nSPS) is 13.4. The molecule has 3 nitrogen and oxygen atoms in total. The summed E-state index contributed by atoms with van der Waals surface area (Å²) in [5.74, 6) is 0. The molecular weight excluding hydrogens is 142 g/mol. The molecule has 0 atom stereocenters. The van der Waals surface area contributed by atoms with Crippen molar-refractivity contribution in [2.45, 2.75) is 20.8 Å². The van der Waals surface area contributed by atoms with Crippen LogP contribution in [0, 0.1) is 5.41 Å². The maximum atomic E-state index is 4.97. The minimum absolute atomic E-state index is 0.0199. The molecule has 0 aromatic heterocycles. The van der Waals surface area contributed by atoms with Crippen molar-refractivity contribution in [2.24, 2.45) is 10.6 Å². The van der Waals surface area contributed by atoms with Crippen molar-refractivity contribution in [1.82, 2.24) is 0 Å². The van der Waals surface area contributed by atoms with E-state index in [4.69, 9.17) is 9.57 Å². The van der Waals surface area contributed by atoms with Crippen molar-refractivity contribution >= 4 is 5.71 Å². The Morgan fingerprint density at radius 1 is 1.27 bits per heavy atom. The quantitative estimate of drug-likeness (QED) is 0.463. The van der Waals surface area contributed by atoms with Gasteiger partial charge in [-0.3, -0.25) is 0 Å². The molecule has 0 bridgehead atoms. The van der Waals surface area contributed by atoms with Gasteiger partial charge in [0.05, 0.1) is 12.3 Å². The van der Waals surface area contributed by atoms with Gasteiger partial charge in [-0.05, 0) is 0 Å². The predicted octanol–water partition coefficient (Wildman–Crippen LogP) is 1.68. The Morgan fingerprint density at radius 3 is 2.09 bits per heavy atom. The molecule has 0 aromatic carbocycles. The fourth-order valence-electron chi connectivity index (χ4n) is 0.627. The molecule has 3 heteroatoms. The van der Waals surface area contributed by atoms with Gasteiger partial charge in [0.1, 0.15) is 7.11 Å². The van der Waals surface area contributed by atoms with Gasteiger partial charge >= 0.3 is 0 Å². The Hall–Kier alpha value is -0.570. The topological polar surface area (TPSA) is 30.8 Å². The summed E-state index contributed by atoms with van der Waals surface area (Å²) >= 11 is 0.